The summed E-state index contributed by atoms with van der Waals surface area (Å²) in [6, 6.07) is 50.3. The van der Waals surface area contributed by atoms with E-state index in [1.54, 1.807) is 11.3 Å². The summed E-state index contributed by atoms with van der Waals surface area (Å²) in [5, 5.41) is 6.92. The minimum absolute atomic E-state index is 0.599. The molecule has 5 heterocycles. The van der Waals surface area contributed by atoms with Crippen LogP contribution in [-0.4, -0.2) is 24.5 Å². The predicted octanol–water partition coefficient (Wildman–Crippen LogP) is 11.6. The molecular formula is C44H25N5OS. The topological polar surface area (TPSA) is 69.6 Å². The zero-order chi connectivity index (χ0) is 33.5. The van der Waals surface area contributed by atoms with Crippen molar-refractivity contribution in [2.45, 2.75) is 0 Å². The van der Waals surface area contributed by atoms with E-state index in [0.29, 0.717) is 17.5 Å². The molecule has 11 aromatic rings. The van der Waals surface area contributed by atoms with Gasteiger partial charge in [-0.2, -0.15) is 0 Å². The first-order valence-electron chi connectivity index (χ1n) is 16.8. The zero-order valence-corrected chi connectivity index (χ0v) is 27.8. The third kappa shape index (κ3) is 4.42. The summed E-state index contributed by atoms with van der Waals surface area (Å²) in [6.07, 6.45) is 1.87. The maximum Gasteiger partial charge on any atom is 0.164 e. The molecule has 0 saturated heterocycles. The van der Waals surface area contributed by atoms with Crippen LogP contribution in [0.5, 0.6) is 0 Å². The summed E-state index contributed by atoms with van der Waals surface area (Å²) >= 11 is 1.78. The second-order valence-electron chi connectivity index (χ2n) is 12.7. The summed E-state index contributed by atoms with van der Waals surface area (Å²) in [5.41, 5.74) is 7.60. The molecule has 0 N–H and O–H groups in total. The van der Waals surface area contributed by atoms with Gasteiger partial charge in [0.1, 0.15) is 16.8 Å². The lowest BCUT2D eigenvalue weighted by atomic mass is 10.1. The van der Waals surface area contributed by atoms with Crippen LogP contribution < -0.4 is 0 Å². The highest BCUT2D eigenvalue weighted by Gasteiger charge is 2.17. The van der Waals surface area contributed by atoms with Gasteiger partial charge in [-0.3, -0.25) is 4.57 Å². The largest absolute Gasteiger partial charge is 0.456 e. The zero-order valence-electron chi connectivity index (χ0n) is 27.0. The number of hydrogen-bond acceptors (Lipinski definition) is 6. The molecule has 0 fully saturated rings. The molecule has 0 saturated carbocycles. The first-order chi connectivity index (χ1) is 25.2. The standard InChI is InChI=1S/C44H25N5OS/c1-2-9-26(10-3-1)41-46-42(27-16-19-32-31-12-5-7-15-37(31)50-38(32)23-27)48-43(47-41)28-17-20-33-35-25-29(18-21-39(35)51-40(33)24-28)49-36-14-6-4-11-30(36)34-13-8-22-45-44(34)49/h1-25H. The molecule has 0 aliphatic carbocycles. The van der Waals surface area contributed by atoms with Gasteiger partial charge in [0, 0.05) is 70.3 Å². The van der Waals surface area contributed by atoms with Crippen molar-refractivity contribution in [2.75, 3.05) is 0 Å². The minimum atomic E-state index is 0.599. The Hall–Kier alpha value is -6.70. The third-order valence-electron chi connectivity index (χ3n) is 9.71. The fourth-order valence-corrected chi connectivity index (χ4v) is 8.44. The van der Waals surface area contributed by atoms with Gasteiger partial charge in [-0.25, -0.2) is 19.9 Å². The van der Waals surface area contributed by atoms with Gasteiger partial charge in [-0.1, -0.05) is 84.9 Å². The lowest BCUT2D eigenvalue weighted by molar-refractivity contribution is 0.669. The Bertz CT molecular complexity index is 3100. The fourth-order valence-electron chi connectivity index (χ4n) is 7.32. The number of furan rings is 1. The summed E-state index contributed by atoms with van der Waals surface area (Å²) in [7, 11) is 0. The van der Waals surface area contributed by atoms with E-state index in [9.17, 15) is 0 Å². The molecular weight excluding hydrogens is 647 g/mol. The smallest absolute Gasteiger partial charge is 0.164 e. The van der Waals surface area contributed by atoms with Crippen LogP contribution in [0.25, 0.3) is 104 Å². The summed E-state index contributed by atoms with van der Waals surface area (Å²) in [4.78, 5) is 19.8. The van der Waals surface area contributed by atoms with E-state index in [2.05, 4.69) is 89.5 Å². The van der Waals surface area contributed by atoms with Crippen molar-refractivity contribution >= 4 is 75.4 Å². The van der Waals surface area contributed by atoms with Gasteiger partial charge < -0.3 is 4.42 Å². The van der Waals surface area contributed by atoms with Crippen LogP contribution in [0.2, 0.25) is 0 Å². The van der Waals surface area contributed by atoms with Crippen molar-refractivity contribution in [3.05, 3.63) is 152 Å². The molecule has 6 nitrogen and oxygen atoms in total. The molecule has 0 bridgehead atoms. The normalized spacial score (nSPS) is 11.9. The number of fused-ring (bicyclic) bond motifs is 9. The lowest BCUT2D eigenvalue weighted by Crippen LogP contribution is -2.00. The fraction of sp³-hybridized carbons (Fsp3) is 0. The maximum atomic E-state index is 6.22. The molecule has 11 rings (SSSR count). The molecule has 0 aliphatic heterocycles. The van der Waals surface area contributed by atoms with Gasteiger partial charge in [0.2, 0.25) is 0 Å². The average Bonchev–Trinajstić information content (AvgIpc) is 3.86. The van der Waals surface area contributed by atoms with E-state index in [1.807, 2.05) is 66.9 Å². The number of aromatic nitrogens is 5. The van der Waals surface area contributed by atoms with Crippen LogP contribution in [-0.2, 0) is 0 Å². The molecule has 0 unspecified atom stereocenters. The Morgan fingerprint density at radius 3 is 2.00 bits per heavy atom. The molecule has 0 aliphatic rings. The van der Waals surface area contributed by atoms with Crippen LogP contribution in [0.4, 0.5) is 0 Å². The SMILES string of the molecule is c1ccc(-c2nc(-c3ccc4c(c3)oc3ccccc34)nc(-c3ccc4c(c3)sc3ccc(-n5c6ccccc6c6cccnc65)cc34)n2)cc1. The van der Waals surface area contributed by atoms with Crippen molar-refractivity contribution in [2.24, 2.45) is 0 Å². The Morgan fingerprint density at radius 2 is 1.14 bits per heavy atom. The molecule has 238 valence electrons. The van der Waals surface area contributed by atoms with Gasteiger partial charge in [-0.15, -0.1) is 11.3 Å². The van der Waals surface area contributed by atoms with E-state index in [4.69, 9.17) is 24.4 Å². The Labute approximate surface area is 294 Å². The monoisotopic (exact) mass is 671 g/mol. The number of nitrogens with zero attached hydrogens (tertiary/aromatic N) is 5. The van der Waals surface area contributed by atoms with E-state index in [-0.39, 0.29) is 0 Å². The van der Waals surface area contributed by atoms with Gasteiger partial charge in [-0.05, 0) is 60.7 Å². The van der Waals surface area contributed by atoms with E-state index in [1.165, 1.54) is 25.6 Å². The summed E-state index contributed by atoms with van der Waals surface area (Å²) < 4.78 is 10.9. The van der Waals surface area contributed by atoms with Crippen molar-refractivity contribution in [1.29, 1.82) is 0 Å². The van der Waals surface area contributed by atoms with Gasteiger partial charge in [0.15, 0.2) is 17.5 Å². The summed E-state index contributed by atoms with van der Waals surface area (Å²) in [5.74, 6) is 1.85. The molecule has 0 radical (unpaired) electrons. The lowest BCUT2D eigenvalue weighted by Gasteiger charge is -2.09. The Morgan fingerprint density at radius 1 is 0.451 bits per heavy atom. The number of hydrogen-bond donors (Lipinski definition) is 0. The Kier molecular flexibility index (Phi) is 6.02. The average molecular weight is 672 g/mol. The highest BCUT2D eigenvalue weighted by molar-refractivity contribution is 7.25. The number of rotatable bonds is 4. The van der Waals surface area contributed by atoms with Crippen molar-refractivity contribution in [3.8, 4) is 39.9 Å². The summed E-state index contributed by atoms with van der Waals surface area (Å²) in [6.45, 7) is 0. The number of thiophene rings is 1. The van der Waals surface area contributed by atoms with Crippen molar-refractivity contribution in [3.63, 3.8) is 0 Å². The van der Waals surface area contributed by atoms with Crippen LogP contribution in [0.15, 0.2) is 156 Å². The van der Waals surface area contributed by atoms with Gasteiger partial charge in [0.05, 0.1) is 5.52 Å². The second kappa shape index (κ2) is 10.9. The van der Waals surface area contributed by atoms with Crippen LogP contribution in [0, 0.1) is 0 Å². The highest BCUT2D eigenvalue weighted by Crippen LogP contribution is 2.39. The third-order valence-corrected chi connectivity index (χ3v) is 10.8. The second-order valence-corrected chi connectivity index (χ2v) is 13.8. The number of para-hydroxylation sites is 2. The van der Waals surface area contributed by atoms with Crippen molar-refractivity contribution < 1.29 is 4.42 Å². The van der Waals surface area contributed by atoms with Gasteiger partial charge >= 0.3 is 0 Å². The molecule has 6 aromatic carbocycles. The molecule has 0 amide bonds. The minimum Gasteiger partial charge on any atom is -0.456 e. The Balaban J connectivity index is 1.06. The van der Waals surface area contributed by atoms with E-state index < -0.39 is 0 Å². The first-order valence-corrected chi connectivity index (χ1v) is 17.6. The van der Waals surface area contributed by atoms with Crippen molar-refractivity contribution in [1.82, 2.24) is 24.5 Å². The quantitative estimate of drug-likeness (QED) is 0.186. The van der Waals surface area contributed by atoms with Gasteiger partial charge in [0.25, 0.3) is 0 Å². The number of benzene rings is 6. The molecule has 7 heteroatoms. The van der Waals surface area contributed by atoms with Crippen LogP contribution in [0.3, 0.4) is 0 Å². The molecule has 0 atom stereocenters. The highest BCUT2D eigenvalue weighted by atomic mass is 32.1. The van der Waals surface area contributed by atoms with Crippen LogP contribution >= 0.6 is 11.3 Å². The first kappa shape index (κ1) is 28.2. The van der Waals surface area contributed by atoms with E-state index in [0.717, 1.165) is 60.9 Å². The number of pyridine rings is 1. The molecule has 51 heavy (non-hydrogen) atoms. The maximum absolute atomic E-state index is 6.22. The van der Waals surface area contributed by atoms with E-state index >= 15 is 0 Å². The molecule has 5 aromatic heterocycles. The molecule has 0 spiro atoms. The predicted molar refractivity (Wildman–Crippen MR) is 208 cm³/mol. The van der Waals surface area contributed by atoms with Crippen LogP contribution in [0.1, 0.15) is 0 Å².